The first-order valence-electron chi connectivity index (χ1n) is 26.0. The van der Waals surface area contributed by atoms with E-state index in [2.05, 4.69) is 55.6 Å². The molecule has 0 saturated carbocycles. The number of aliphatic hydroxyl groups is 1. The van der Waals surface area contributed by atoms with Gasteiger partial charge < -0.3 is 20.1 Å². The molecule has 0 aliphatic carbocycles. The third-order valence-corrected chi connectivity index (χ3v) is 12.3. The summed E-state index contributed by atoms with van der Waals surface area (Å²) in [7, 11) is -4.42. The Balaban J connectivity index is 3.55. The maximum absolute atomic E-state index is 12.2. The number of rotatable bonds is 49. The molecule has 0 heterocycles. The van der Waals surface area contributed by atoms with Crippen molar-refractivity contribution in [2.24, 2.45) is 0 Å². The van der Waals surface area contributed by atoms with E-state index >= 15 is 0 Å². The monoisotopic (exact) mass is 896 g/mol. The van der Waals surface area contributed by atoms with Gasteiger partial charge in [0.25, 0.3) is 0 Å². The molecule has 364 valence electrons. The average Bonchev–Trinajstić information content (AvgIpc) is 3.26. The molecule has 9 nitrogen and oxygen atoms in total. The zero-order chi connectivity index (χ0) is 45.3. The van der Waals surface area contributed by atoms with E-state index in [-0.39, 0.29) is 32.1 Å². The van der Waals surface area contributed by atoms with Crippen molar-refractivity contribution in [1.82, 2.24) is 5.32 Å². The Bertz CT molecular complexity index is 1110. The van der Waals surface area contributed by atoms with E-state index < -0.39 is 26.5 Å². The van der Waals surface area contributed by atoms with Crippen LogP contribution in [-0.2, 0) is 27.9 Å². The average molecular weight is 896 g/mol. The first-order valence-corrected chi connectivity index (χ1v) is 27.5. The van der Waals surface area contributed by atoms with E-state index in [9.17, 15) is 24.2 Å². The summed E-state index contributed by atoms with van der Waals surface area (Å²) in [5.41, 5.74) is 0. The van der Waals surface area contributed by atoms with E-state index in [0.29, 0.717) is 6.42 Å². The van der Waals surface area contributed by atoms with Crippen molar-refractivity contribution in [3.05, 3.63) is 36.5 Å². The molecule has 0 aromatic carbocycles. The summed E-state index contributed by atoms with van der Waals surface area (Å²) in [5, 5.41) is 12.8. The highest BCUT2D eigenvalue weighted by Crippen LogP contribution is 2.42. The number of ether oxygens (including phenoxy) is 1. The highest BCUT2D eigenvalue weighted by atomic mass is 31.2. The van der Waals surface area contributed by atoms with Crippen molar-refractivity contribution in [3.8, 4) is 0 Å². The Morgan fingerprint density at radius 2 is 0.871 bits per heavy atom. The third-order valence-electron chi connectivity index (χ3n) is 11.3. The Morgan fingerprint density at radius 3 is 1.34 bits per heavy atom. The van der Waals surface area contributed by atoms with E-state index in [1.165, 1.54) is 161 Å². The lowest BCUT2D eigenvalue weighted by molar-refractivity contribution is -0.147. The highest BCUT2D eigenvalue weighted by Gasteiger charge is 2.23. The number of amides is 1. The Kier molecular flexibility index (Phi) is 47.3. The van der Waals surface area contributed by atoms with E-state index in [1.807, 2.05) is 0 Å². The molecule has 1 amide bonds. The van der Waals surface area contributed by atoms with Crippen LogP contribution >= 0.6 is 7.82 Å². The molecule has 0 radical (unpaired) electrons. The van der Waals surface area contributed by atoms with Gasteiger partial charge >= 0.3 is 13.8 Å². The topological polar surface area (TPSA) is 131 Å². The van der Waals surface area contributed by atoms with Crippen molar-refractivity contribution in [1.29, 1.82) is 0 Å². The zero-order valence-corrected chi connectivity index (χ0v) is 41.2. The third kappa shape index (κ3) is 49.2. The fourth-order valence-corrected chi connectivity index (χ4v) is 8.15. The molecule has 0 aromatic rings. The van der Waals surface area contributed by atoms with Gasteiger partial charge in [0.2, 0.25) is 5.91 Å². The van der Waals surface area contributed by atoms with Crippen LogP contribution in [0.4, 0.5) is 0 Å². The van der Waals surface area contributed by atoms with Crippen molar-refractivity contribution in [2.45, 2.75) is 258 Å². The first-order chi connectivity index (χ1) is 30.3. The summed E-state index contributed by atoms with van der Waals surface area (Å²) < 4.78 is 27.0. The molecule has 0 spiro atoms. The summed E-state index contributed by atoms with van der Waals surface area (Å²) in [6.07, 6.45) is 56.5. The van der Waals surface area contributed by atoms with E-state index in [4.69, 9.17) is 13.8 Å². The number of carbonyl (C=O) groups excluding carboxylic acids is 2. The van der Waals surface area contributed by atoms with Gasteiger partial charge in [-0.05, 0) is 51.4 Å². The van der Waals surface area contributed by atoms with Crippen LogP contribution < -0.4 is 5.32 Å². The molecule has 0 rings (SSSR count). The van der Waals surface area contributed by atoms with Gasteiger partial charge in [0.1, 0.15) is 12.7 Å². The van der Waals surface area contributed by atoms with Gasteiger partial charge in [0.05, 0.1) is 13.2 Å². The van der Waals surface area contributed by atoms with Crippen molar-refractivity contribution < 1.29 is 37.9 Å². The van der Waals surface area contributed by atoms with Crippen LogP contribution in [0.25, 0.3) is 0 Å². The van der Waals surface area contributed by atoms with Crippen LogP contribution in [0.3, 0.4) is 0 Å². The molecule has 62 heavy (non-hydrogen) atoms. The molecule has 0 saturated heterocycles. The van der Waals surface area contributed by atoms with Gasteiger partial charge in [0, 0.05) is 19.4 Å². The standard InChI is InChI=1S/C52H98NO8P/c1-3-5-7-9-11-13-15-17-19-21-23-25-27-29-31-33-35-37-39-41-43-45-52(56)59-48-50(54)49-61-62(57,58)60-47-46-53-51(55)44-42-40-38-36-34-32-30-28-26-24-22-20-18-16-14-12-10-8-6-4-2/h11,13,17,19,23,25,50,54H,3-10,12,14-16,18,20-22,24,26-49H2,1-2H3,(H,53,55)(H,57,58)/b13-11-,19-17-,25-23-. The Morgan fingerprint density at radius 1 is 0.500 bits per heavy atom. The van der Waals surface area contributed by atoms with Crippen LogP contribution in [0.5, 0.6) is 0 Å². The van der Waals surface area contributed by atoms with Crippen molar-refractivity contribution >= 4 is 19.7 Å². The Hall–Kier alpha value is -1.77. The fraction of sp³-hybridized carbons (Fsp3) is 0.846. The van der Waals surface area contributed by atoms with Crippen LogP contribution in [0, 0.1) is 0 Å². The number of phosphoric acid groups is 1. The predicted molar refractivity (Wildman–Crippen MR) is 261 cm³/mol. The smallest absolute Gasteiger partial charge is 0.463 e. The molecule has 2 atom stereocenters. The molecule has 0 aromatic heterocycles. The van der Waals surface area contributed by atoms with Gasteiger partial charge in [-0.25, -0.2) is 4.57 Å². The summed E-state index contributed by atoms with van der Waals surface area (Å²) in [5.74, 6) is -0.514. The second-order valence-electron chi connectivity index (χ2n) is 17.5. The minimum Gasteiger partial charge on any atom is -0.463 e. The lowest BCUT2D eigenvalue weighted by Crippen LogP contribution is -2.27. The fourth-order valence-electron chi connectivity index (χ4n) is 7.39. The second kappa shape index (κ2) is 48.7. The molecule has 2 unspecified atom stereocenters. The number of carbonyl (C=O) groups is 2. The van der Waals surface area contributed by atoms with Crippen LogP contribution in [0.2, 0.25) is 0 Å². The normalized spacial score (nSPS) is 13.4. The lowest BCUT2D eigenvalue weighted by atomic mass is 10.0. The summed E-state index contributed by atoms with van der Waals surface area (Å²) in [6.45, 7) is 3.56. The quantitative estimate of drug-likeness (QED) is 0.0238. The van der Waals surface area contributed by atoms with Gasteiger partial charge in [-0.15, -0.1) is 0 Å². The van der Waals surface area contributed by atoms with Crippen LogP contribution in [-0.4, -0.2) is 54.3 Å². The Labute approximate surface area is 382 Å². The molecule has 0 fully saturated rings. The van der Waals surface area contributed by atoms with E-state index in [0.717, 1.165) is 64.2 Å². The van der Waals surface area contributed by atoms with Crippen LogP contribution in [0.15, 0.2) is 36.5 Å². The molecule has 0 bridgehead atoms. The molecular weight excluding hydrogens is 798 g/mol. The summed E-state index contributed by atoms with van der Waals surface area (Å²) in [4.78, 5) is 34.1. The maximum Gasteiger partial charge on any atom is 0.472 e. The number of nitrogens with one attached hydrogen (secondary N) is 1. The molecule has 10 heteroatoms. The number of aliphatic hydroxyl groups excluding tert-OH is 1. The molecule has 3 N–H and O–H groups in total. The molecule has 0 aliphatic rings. The number of unbranched alkanes of at least 4 members (excludes halogenated alkanes) is 30. The predicted octanol–water partition coefficient (Wildman–Crippen LogP) is 15.3. The summed E-state index contributed by atoms with van der Waals surface area (Å²) in [6, 6.07) is 0. The number of phosphoric ester groups is 1. The summed E-state index contributed by atoms with van der Waals surface area (Å²) >= 11 is 0. The number of hydrogen-bond acceptors (Lipinski definition) is 7. The number of allylic oxidation sites excluding steroid dienone is 6. The van der Waals surface area contributed by atoms with Gasteiger partial charge in [-0.1, -0.05) is 224 Å². The number of hydrogen-bond donors (Lipinski definition) is 3. The molecular formula is C52H98NO8P. The van der Waals surface area contributed by atoms with Gasteiger partial charge in [-0.2, -0.15) is 0 Å². The minimum absolute atomic E-state index is 0.0838. The van der Waals surface area contributed by atoms with E-state index in [1.54, 1.807) is 0 Å². The lowest BCUT2D eigenvalue weighted by Gasteiger charge is -2.15. The second-order valence-corrected chi connectivity index (χ2v) is 19.0. The maximum atomic E-state index is 12.2. The number of esters is 1. The highest BCUT2D eigenvalue weighted by molar-refractivity contribution is 7.47. The van der Waals surface area contributed by atoms with Crippen molar-refractivity contribution in [3.63, 3.8) is 0 Å². The molecule has 0 aliphatic heterocycles. The SMILES string of the molecule is CCCCC/C=C\C/C=C\C/C=C\CCCCCCCCCCC(=O)OCC(O)COP(=O)(O)OCCNC(=O)CCCCCCCCCCCCCCCCCCCCCC. The van der Waals surface area contributed by atoms with Crippen LogP contribution in [0.1, 0.15) is 251 Å². The van der Waals surface area contributed by atoms with Gasteiger partial charge in [-0.3, -0.25) is 18.6 Å². The minimum atomic E-state index is -4.42. The largest absolute Gasteiger partial charge is 0.472 e. The first kappa shape index (κ1) is 60.2. The van der Waals surface area contributed by atoms with Gasteiger partial charge in [0.15, 0.2) is 0 Å². The van der Waals surface area contributed by atoms with Crippen molar-refractivity contribution in [2.75, 3.05) is 26.4 Å². The zero-order valence-electron chi connectivity index (χ0n) is 40.3.